The molecule has 1 aliphatic heterocycles. The largest absolute Gasteiger partial charge is 0.378 e. The Balaban J connectivity index is 1.39. The van der Waals surface area contributed by atoms with Gasteiger partial charge in [-0.2, -0.15) is 5.10 Å². The molecule has 2 heterocycles. The highest BCUT2D eigenvalue weighted by atomic mass is 19.1. The number of hydrogen-bond acceptors (Lipinski definition) is 3. The summed E-state index contributed by atoms with van der Waals surface area (Å²) in [7, 11) is 0. The van der Waals surface area contributed by atoms with Crippen LogP contribution in [-0.4, -0.2) is 34.6 Å². The van der Waals surface area contributed by atoms with E-state index in [-0.39, 0.29) is 24.0 Å². The highest BCUT2D eigenvalue weighted by molar-refractivity contribution is 5.89. The number of nitrogens with one attached hydrogen (secondary N) is 2. The van der Waals surface area contributed by atoms with Crippen molar-refractivity contribution in [3.63, 3.8) is 0 Å². The number of ether oxygens (including phenoxy) is 1. The van der Waals surface area contributed by atoms with Crippen molar-refractivity contribution < 1.29 is 13.9 Å². The number of urea groups is 1. The lowest BCUT2D eigenvalue weighted by Crippen LogP contribution is -2.47. The van der Waals surface area contributed by atoms with E-state index < -0.39 is 0 Å². The quantitative estimate of drug-likeness (QED) is 0.899. The van der Waals surface area contributed by atoms with Crippen molar-refractivity contribution in [2.45, 2.75) is 37.8 Å². The summed E-state index contributed by atoms with van der Waals surface area (Å²) >= 11 is 0. The summed E-state index contributed by atoms with van der Waals surface area (Å²) in [4.78, 5) is 12.3. The van der Waals surface area contributed by atoms with Crippen LogP contribution in [-0.2, 0) is 4.74 Å². The molecular weight excluding hydrogens is 323 g/mol. The molecule has 2 aromatic rings. The van der Waals surface area contributed by atoms with Gasteiger partial charge in [0.25, 0.3) is 0 Å². The Labute approximate surface area is 145 Å². The van der Waals surface area contributed by atoms with Gasteiger partial charge in [-0.3, -0.25) is 0 Å². The highest BCUT2D eigenvalue weighted by Crippen LogP contribution is 2.34. The maximum Gasteiger partial charge on any atom is 0.319 e. The van der Waals surface area contributed by atoms with Crippen molar-refractivity contribution in [3.05, 3.63) is 42.5 Å². The van der Waals surface area contributed by atoms with E-state index in [4.69, 9.17) is 4.74 Å². The molecule has 0 bridgehead atoms. The number of hydrogen-bond donors (Lipinski definition) is 2. The van der Waals surface area contributed by atoms with Crippen LogP contribution < -0.4 is 10.6 Å². The molecule has 0 spiro atoms. The predicted molar refractivity (Wildman–Crippen MR) is 91.2 cm³/mol. The fraction of sp³-hybridized carbons (Fsp3) is 0.444. The molecule has 0 unspecified atom stereocenters. The molecule has 7 heteroatoms. The second-order valence-electron chi connectivity index (χ2n) is 6.62. The number of anilines is 1. The minimum Gasteiger partial charge on any atom is -0.378 e. The summed E-state index contributed by atoms with van der Waals surface area (Å²) in [5.74, 6) is 0.0386. The first-order chi connectivity index (χ1) is 12.2. The summed E-state index contributed by atoms with van der Waals surface area (Å²) in [5, 5.41) is 9.95. The number of aromatic nitrogens is 2. The Kier molecular flexibility index (Phi) is 4.40. The highest BCUT2D eigenvalue weighted by Gasteiger charge is 2.38. The van der Waals surface area contributed by atoms with E-state index >= 15 is 0 Å². The van der Waals surface area contributed by atoms with Crippen molar-refractivity contribution in [2.24, 2.45) is 5.92 Å². The van der Waals surface area contributed by atoms with Crippen molar-refractivity contribution in [2.75, 3.05) is 11.9 Å². The van der Waals surface area contributed by atoms with Gasteiger partial charge in [-0.05, 0) is 37.8 Å². The lowest BCUT2D eigenvalue weighted by atomic mass is 9.82. The molecule has 3 atom stereocenters. The molecule has 1 saturated heterocycles. The molecule has 25 heavy (non-hydrogen) atoms. The molecule has 2 aliphatic rings. The number of nitrogens with zero attached hydrogens (tertiary/aromatic N) is 2. The van der Waals surface area contributed by atoms with E-state index in [2.05, 4.69) is 15.7 Å². The molecule has 4 rings (SSSR count). The molecule has 2 fully saturated rings. The minimum absolute atomic E-state index is 0.142. The molecular formula is C18H21FN4O2. The van der Waals surface area contributed by atoms with Gasteiger partial charge in [0.15, 0.2) is 0 Å². The van der Waals surface area contributed by atoms with Gasteiger partial charge >= 0.3 is 6.03 Å². The standard InChI is InChI=1S/C18H21FN4O2/c19-14-4-1-2-6-16(14)23-11-12(10-20-23)21-18(24)22-15-5-3-7-17-13(15)8-9-25-17/h1-2,4,6,10-11,13,15,17H,3,5,7-9H2,(H2,21,22,24)/t13-,15+,17+/m0/s1. The fourth-order valence-corrected chi connectivity index (χ4v) is 3.85. The zero-order chi connectivity index (χ0) is 17.2. The number of amides is 2. The van der Waals surface area contributed by atoms with Gasteiger partial charge in [0.2, 0.25) is 0 Å². The Hall–Kier alpha value is -2.41. The van der Waals surface area contributed by atoms with E-state index in [9.17, 15) is 9.18 Å². The summed E-state index contributed by atoms with van der Waals surface area (Å²) in [6.07, 6.45) is 7.52. The zero-order valence-corrected chi connectivity index (χ0v) is 13.8. The number of carbonyl (C=O) groups excluding carboxylic acids is 1. The third kappa shape index (κ3) is 3.37. The predicted octanol–water partition coefficient (Wildman–Crippen LogP) is 3.09. The number of carbonyl (C=O) groups is 1. The molecule has 2 amide bonds. The Bertz CT molecular complexity index is 763. The smallest absolute Gasteiger partial charge is 0.319 e. The normalized spacial score (nSPS) is 25.4. The first-order valence-corrected chi connectivity index (χ1v) is 8.69. The Morgan fingerprint density at radius 2 is 2.16 bits per heavy atom. The van der Waals surface area contributed by atoms with Gasteiger partial charge in [-0.25, -0.2) is 13.9 Å². The molecule has 132 valence electrons. The second kappa shape index (κ2) is 6.84. The molecule has 0 radical (unpaired) electrons. The molecule has 6 nitrogen and oxygen atoms in total. The monoisotopic (exact) mass is 344 g/mol. The van der Waals surface area contributed by atoms with E-state index in [1.165, 1.54) is 16.9 Å². The average molecular weight is 344 g/mol. The topological polar surface area (TPSA) is 68.2 Å². The van der Waals surface area contributed by atoms with Crippen LogP contribution in [0.4, 0.5) is 14.9 Å². The van der Waals surface area contributed by atoms with Crippen molar-refractivity contribution in [1.82, 2.24) is 15.1 Å². The molecule has 1 aliphatic carbocycles. The SMILES string of the molecule is O=C(Nc1cnn(-c2ccccc2F)c1)N[C@@H]1CCC[C@H]2OCC[C@@H]12. The third-order valence-corrected chi connectivity index (χ3v) is 5.04. The van der Waals surface area contributed by atoms with E-state index in [1.54, 1.807) is 24.4 Å². The van der Waals surface area contributed by atoms with E-state index in [0.29, 0.717) is 17.3 Å². The molecule has 2 N–H and O–H groups in total. The van der Waals surface area contributed by atoms with Crippen LogP contribution in [0.3, 0.4) is 0 Å². The van der Waals surface area contributed by atoms with Crippen LogP contribution >= 0.6 is 0 Å². The second-order valence-corrected chi connectivity index (χ2v) is 6.62. The number of benzene rings is 1. The fourth-order valence-electron chi connectivity index (χ4n) is 3.85. The summed E-state index contributed by atoms with van der Waals surface area (Å²) in [6, 6.07) is 6.25. The minimum atomic E-state index is -0.365. The maximum atomic E-state index is 13.8. The Morgan fingerprint density at radius 1 is 1.28 bits per heavy atom. The van der Waals surface area contributed by atoms with Crippen LogP contribution in [0.2, 0.25) is 0 Å². The van der Waals surface area contributed by atoms with Crippen LogP contribution in [0.25, 0.3) is 5.69 Å². The first-order valence-electron chi connectivity index (χ1n) is 8.69. The van der Waals surface area contributed by atoms with Gasteiger partial charge in [-0.1, -0.05) is 12.1 Å². The number of fused-ring (bicyclic) bond motifs is 1. The van der Waals surface area contributed by atoms with Crippen molar-refractivity contribution >= 4 is 11.7 Å². The Morgan fingerprint density at radius 3 is 3.04 bits per heavy atom. The molecule has 1 aromatic heterocycles. The number of rotatable bonds is 3. The van der Waals surface area contributed by atoms with E-state index in [0.717, 1.165) is 32.3 Å². The lowest BCUT2D eigenvalue weighted by molar-refractivity contribution is 0.0553. The summed E-state index contributed by atoms with van der Waals surface area (Å²) in [5.41, 5.74) is 0.866. The summed E-state index contributed by atoms with van der Waals surface area (Å²) in [6.45, 7) is 0.782. The third-order valence-electron chi connectivity index (χ3n) is 5.04. The molecule has 1 aromatic carbocycles. The first kappa shape index (κ1) is 16.1. The maximum absolute atomic E-state index is 13.8. The van der Waals surface area contributed by atoms with Gasteiger partial charge in [0.1, 0.15) is 11.5 Å². The van der Waals surface area contributed by atoms with Gasteiger partial charge in [0, 0.05) is 18.6 Å². The van der Waals surface area contributed by atoms with Crippen LogP contribution in [0.15, 0.2) is 36.7 Å². The number of halogens is 1. The molecule has 1 saturated carbocycles. The van der Waals surface area contributed by atoms with Crippen LogP contribution in [0, 0.1) is 11.7 Å². The lowest BCUT2D eigenvalue weighted by Gasteiger charge is -2.33. The van der Waals surface area contributed by atoms with Gasteiger partial charge in [-0.15, -0.1) is 0 Å². The summed E-state index contributed by atoms with van der Waals surface area (Å²) < 4.78 is 20.9. The van der Waals surface area contributed by atoms with Gasteiger partial charge < -0.3 is 15.4 Å². The van der Waals surface area contributed by atoms with Crippen LogP contribution in [0.5, 0.6) is 0 Å². The van der Waals surface area contributed by atoms with Crippen molar-refractivity contribution in [3.8, 4) is 5.69 Å². The zero-order valence-electron chi connectivity index (χ0n) is 13.8. The van der Waals surface area contributed by atoms with Gasteiger partial charge in [0.05, 0.1) is 24.2 Å². The van der Waals surface area contributed by atoms with E-state index in [1.807, 2.05) is 0 Å². The number of para-hydroxylation sites is 1. The van der Waals surface area contributed by atoms with Crippen LogP contribution in [0.1, 0.15) is 25.7 Å². The van der Waals surface area contributed by atoms with Crippen molar-refractivity contribution in [1.29, 1.82) is 0 Å². The average Bonchev–Trinajstić information content (AvgIpc) is 3.25.